The number of carbonyl (C=O) groups excluding carboxylic acids is 1. The highest BCUT2D eigenvalue weighted by atomic mass is 19.1. The van der Waals surface area contributed by atoms with Gasteiger partial charge in [-0.25, -0.2) is 13.6 Å². The molecule has 0 fully saturated rings. The van der Waals surface area contributed by atoms with Crippen LogP contribution in [0.15, 0.2) is 48.5 Å². The minimum atomic E-state index is -0.772. The van der Waals surface area contributed by atoms with E-state index in [1.807, 2.05) is 0 Å². The summed E-state index contributed by atoms with van der Waals surface area (Å²) in [4.78, 5) is 11.2. The average molecular weight is 304 g/mol. The first-order valence-electron chi connectivity index (χ1n) is 6.49. The molecule has 0 saturated heterocycles. The number of methoxy groups -OCH3 is 1. The van der Waals surface area contributed by atoms with Crippen molar-refractivity contribution in [3.63, 3.8) is 0 Å². The van der Waals surface area contributed by atoms with Crippen molar-refractivity contribution in [1.29, 1.82) is 0 Å². The number of halogens is 2. The van der Waals surface area contributed by atoms with Gasteiger partial charge in [0, 0.05) is 12.1 Å². The molecule has 5 heteroatoms. The number of hydrogen-bond donors (Lipinski definition) is 0. The van der Waals surface area contributed by atoms with Crippen molar-refractivity contribution in [1.82, 2.24) is 0 Å². The van der Waals surface area contributed by atoms with Gasteiger partial charge in [-0.3, -0.25) is 0 Å². The van der Waals surface area contributed by atoms with E-state index in [0.717, 1.165) is 23.3 Å². The molecule has 2 aromatic carbocycles. The van der Waals surface area contributed by atoms with E-state index in [-0.39, 0.29) is 5.75 Å². The maximum absolute atomic E-state index is 13.5. The molecule has 0 radical (unpaired) electrons. The highest BCUT2D eigenvalue weighted by molar-refractivity contribution is 5.90. The molecule has 0 saturated carbocycles. The Morgan fingerprint density at radius 1 is 1.09 bits per heavy atom. The van der Waals surface area contributed by atoms with Crippen molar-refractivity contribution >= 4 is 11.5 Å². The van der Waals surface area contributed by atoms with Crippen LogP contribution in [0.3, 0.4) is 0 Å². The van der Waals surface area contributed by atoms with E-state index in [9.17, 15) is 13.6 Å². The van der Waals surface area contributed by atoms with Crippen LogP contribution in [0.25, 0.3) is 5.57 Å². The van der Waals surface area contributed by atoms with Gasteiger partial charge in [0.1, 0.15) is 11.6 Å². The molecule has 114 valence electrons. The van der Waals surface area contributed by atoms with Gasteiger partial charge >= 0.3 is 5.97 Å². The molecule has 0 aliphatic rings. The van der Waals surface area contributed by atoms with E-state index in [1.54, 1.807) is 31.2 Å². The first-order chi connectivity index (χ1) is 10.5. The Bertz CT molecular complexity index is 706. The van der Waals surface area contributed by atoms with E-state index in [2.05, 4.69) is 4.74 Å². The molecule has 0 amide bonds. The number of esters is 1. The minimum Gasteiger partial charge on any atom is -0.466 e. The normalized spacial score (nSPS) is 11.2. The summed E-state index contributed by atoms with van der Waals surface area (Å²) in [6, 6.07) is 9.82. The Hall–Kier alpha value is -2.69. The smallest absolute Gasteiger partial charge is 0.330 e. The lowest BCUT2D eigenvalue weighted by atomic mass is 10.1. The van der Waals surface area contributed by atoms with Gasteiger partial charge in [0.15, 0.2) is 11.6 Å². The zero-order chi connectivity index (χ0) is 16.1. The van der Waals surface area contributed by atoms with Crippen molar-refractivity contribution in [2.24, 2.45) is 0 Å². The summed E-state index contributed by atoms with van der Waals surface area (Å²) in [5, 5.41) is 0. The number of benzene rings is 2. The Morgan fingerprint density at radius 2 is 1.77 bits per heavy atom. The van der Waals surface area contributed by atoms with Crippen LogP contribution in [0, 0.1) is 11.6 Å². The van der Waals surface area contributed by atoms with E-state index in [1.165, 1.54) is 19.3 Å². The van der Waals surface area contributed by atoms with Crippen LogP contribution in [0.4, 0.5) is 8.78 Å². The maximum Gasteiger partial charge on any atom is 0.330 e. The number of carbonyl (C=O) groups is 1. The fourth-order valence-electron chi connectivity index (χ4n) is 1.79. The van der Waals surface area contributed by atoms with Gasteiger partial charge in [0.05, 0.1) is 7.11 Å². The Morgan fingerprint density at radius 3 is 2.36 bits per heavy atom. The summed E-state index contributed by atoms with van der Waals surface area (Å²) < 4.78 is 36.2. The first-order valence-corrected chi connectivity index (χ1v) is 6.49. The largest absolute Gasteiger partial charge is 0.466 e. The number of rotatable bonds is 4. The molecular weight excluding hydrogens is 290 g/mol. The van der Waals surface area contributed by atoms with E-state index < -0.39 is 17.6 Å². The molecule has 0 atom stereocenters. The van der Waals surface area contributed by atoms with Crippen molar-refractivity contribution in [2.45, 2.75) is 6.92 Å². The van der Waals surface area contributed by atoms with Crippen molar-refractivity contribution in [3.8, 4) is 11.5 Å². The third-order valence-corrected chi connectivity index (χ3v) is 2.97. The number of ether oxygens (including phenoxy) is 2. The second-order valence-electron chi connectivity index (χ2n) is 4.55. The molecule has 0 spiro atoms. The van der Waals surface area contributed by atoms with Crippen LogP contribution < -0.4 is 4.74 Å². The summed E-state index contributed by atoms with van der Waals surface area (Å²) in [5.74, 6) is -1.53. The Labute approximate surface area is 126 Å². The Balaban J connectivity index is 2.15. The summed E-state index contributed by atoms with van der Waals surface area (Å²) in [6.45, 7) is 1.77. The third kappa shape index (κ3) is 3.91. The van der Waals surface area contributed by atoms with Crippen molar-refractivity contribution in [3.05, 3.63) is 65.7 Å². The van der Waals surface area contributed by atoms with Gasteiger partial charge in [-0.15, -0.1) is 0 Å². The predicted molar refractivity (Wildman–Crippen MR) is 78.5 cm³/mol. The summed E-state index contributed by atoms with van der Waals surface area (Å²) in [5.41, 5.74) is 1.53. The van der Waals surface area contributed by atoms with Crippen LogP contribution in [-0.2, 0) is 9.53 Å². The molecule has 22 heavy (non-hydrogen) atoms. The standard InChI is InChI=1S/C17H14F2O3/c1-11(9-17(20)21-2)12-3-6-14(7-4-12)22-16-8-5-13(18)10-15(16)19/h3-10H,1-2H3. The molecule has 0 N–H and O–H groups in total. The lowest BCUT2D eigenvalue weighted by Gasteiger charge is -2.08. The molecule has 0 heterocycles. The summed E-state index contributed by atoms with van der Waals surface area (Å²) in [7, 11) is 1.31. The van der Waals surface area contributed by atoms with Crippen molar-refractivity contribution in [2.75, 3.05) is 7.11 Å². The van der Waals surface area contributed by atoms with Gasteiger partial charge in [0.25, 0.3) is 0 Å². The highest BCUT2D eigenvalue weighted by Crippen LogP contribution is 2.26. The monoisotopic (exact) mass is 304 g/mol. The van der Waals surface area contributed by atoms with E-state index >= 15 is 0 Å². The number of hydrogen-bond acceptors (Lipinski definition) is 3. The van der Waals surface area contributed by atoms with Crippen molar-refractivity contribution < 1.29 is 23.0 Å². The van der Waals surface area contributed by atoms with Crippen LogP contribution in [0.5, 0.6) is 11.5 Å². The molecule has 2 rings (SSSR count). The predicted octanol–water partition coefficient (Wildman–Crippen LogP) is 4.33. The maximum atomic E-state index is 13.5. The second kappa shape index (κ2) is 6.85. The van der Waals surface area contributed by atoms with Gasteiger partial charge < -0.3 is 9.47 Å². The zero-order valence-corrected chi connectivity index (χ0v) is 12.1. The van der Waals surface area contributed by atoms with Crippen LogP contribution in [0.1, 0.15) is 12.5 Å². The number of allylic oxidation sites excluding steroid dienone is 1. The fraction of sp³-hybridized carbons (Fsp3) is 0.118. The minimum absolute atomic E-state index is 0.0593. The van der Waals surface area contributed by atoms with E-state index in [4.69, 9.17) is 4.74 Å². The van der Waals surface area contributed by atoms with Crippen LogP contribution in [0.2, 0.25) is 0 Å². The lowest BCUT2D eigenvalue weighted by Crippen LogP contribution is -1.95. The fourth-order valence-corrected chi connectivity index (χ4v) is 1.79. The molecule has 0 aromatic heterocycles. The SMILES string of the molecule is COC(=O)C=C(C)c1ccc(Oc2ccc(F)cc2F)cc1. The molecule has 0 unspecified atom stereocenters. The van der Waals surface area contributed by atoms with Gasteiger partial charge in [-0.1, -0.05) is 12.1 Å². The van der Waals surface area contributed by atoms with Gasteiger partial charge in [-0.2, -0.15) is 0 Å². The quantitative estimate of drug-likeness (QED) is 0.623. The topological polar surface area (TPSA) is 35.5 Å². The summed E-state index contributed by atoms with van der Waals surface area (Å²) in [6.07, 6.45) is 1.37. The van der Waals surface area contributed by atoms with Crippen LogP contribution >= 0.6 is 0 Å². The highest BCUT2D eigenvalue weighted by Gasteiger charge is 2.07. The second-order valence-corrected chi connectivity index (χ2v) is 4.55. The first kappa shape index (κ1) is 15.7. The Kier molecular flexibility index (Phi) is 4.88. The zero-order valence-electron chi connectivity index (χ0n) is 12.1. The molecular formula is C17H14F2O3. The molecule has 0 bridgehead atoms. The molecule has 2 aromatic rings. The van der Waals surface area contributed by atoms with Gasteiger partial charge in [0.2, 0.25) is 0 Å². The molecule has 0 aliphatic carbocycles. The molecule has 3 nitrogen and oxygen atoms in total. The van der Waals surface area contributed by atoms with Crippen LogP contribution in [-0.4, -0.2) is 13.1 Å². The van der Waals surface area contributed by atoms with E-state index in [0.29, 0.717) is 5.75 Å². The van der Waals surface area contributed by atoms with Gasteiger partial charge in [-0.05, 0) is 42.3 Å². The average Bonchev–Trinajstić information content (AvgIpc) is 2.50. The summed E-state index contributed by atoms with van der Waals surface area (Å²) >= 11 is 0. The third-order valence-electron chi connectivity index (χ3n) is 2.97. The molecule has 0 aliphatic heterocycles. The lowest BCUT2D eigenvalue weighted by molar-refractivity contribution is -0.134.